The molecule has 1 heterocycles. The summed E-state index contributed by atoms with van der Waals surface area (Å²) in [5.41, 5.74) is 2.96. The van der Waals surface area contributed by atoms with Gasteiger partial charge in [0, 0.05) is 4.85 Å². The highest BCUT2D eigenvalue weighted by atomic mass is 16.7. The highest BCUT2D eigenvalue weighted by Gasteiger charge is 2.32. The van der Waals surface area contributed by atoms with Crippen LogP contribution < -0.4 is 5.48 Å². The third-order valence-corrected chi connectivity index (χ3v) is 1.66. The first-order valence-electron chi connectivity index (χ1n) is 3.59. The molecule has 0 radical (unpaired) electrons. The van der Waals surface area contributed by atoms with Gasteiger partial charge in [-0.3, -0.25) is 0 Å². The molecule has 0 aliphatic carbocycles. The normalized spacial score (nSPS) is 23.8. The Kier molecular flexibility index (Phi) is 1.88. The molecule has 1 aliphatic rings. The van der Waals surface area contributed by atoms with Crippen molar-refractivity contribution in [3.63, 3.8) is 0 Å². The maximum absolute atomic E-state index is 5.03. The van der Waals surface area contributed by atoms with Crippen molar-refractivity contribution in [2.45, 2.75) is 26.8 Å². The maximum Gasteiger partial charge on any atom is 0.516 e. The average Bonchev–Trinajstić information content (AvgIpc) is 2.32. The molecule has 1 N–H and O–H groups in total. The lowest BCUT2D eigenvalue weighted by atomic mass is 9.87. The number of hydrogen-bond acceptors (Lipinski definition) is 2. The van der Waals surface area contributed by atoms with Crippen molar-refractivity contribution in [2.75, 3.05) is 0 Å². The average molecular weight is 153 g/mol. The molecule has 1 unspecified atom stereocenters. The van der Waals surface area contributed by atoms with Gasteiger partial charge in [-0.1, -0.05) is 20.8 Å². The standard InChI is InChI=1S/C8H13N2O/c1-8(2,3)6-5-7(9-4)11-10-6/h4-6,10H,1-3H3/q+1. The second-order valence-corrected chi connectivity index (χ2v) is 3.70. The minimum atomic E-state index is 0.131. The van der Waals surface area contributed by atoms with Crippen molar-refractivity contribution in [1.29, 1.82) is 0 Å². The molecule has 1 aliphatic heterocycles. The molecule has 0 amide bonds. The molecule has 1 atom stereocenters. The molecule has 0 saturated carbocycles. The lowest BCUT2D eigenvalue weighted by Crippen LogP contribution is -2.34. The van der Waals surface area contributed by atoms with Crippen LogP contribution in [-0.2, 0) is 4.84 Å². The van der Waals surface area contributed by atoms with Gasteiger partial charge in [-0.05, 0) is 5.41 Å². The Bertz CT molecular complexity index is 219. The fourth-order valence-corrected chi connectivity index (χ4v) is 0.831. The van der Waals surface area contributed by atoms with Crippen LogP contribution in [0.15, 0.2) is 12.0 Å². The van der Waals surface area contributed by atoms with Crippen molar-refractivity contribution < 1.29 is 4.84 Å². The first-order valence-corrected chi connectivity index (χ1v) is 3.59. The van der Waals surface area contributed by atoms with Gasteiger partial charge in [-0.25, -0.2) is 0 Å². The van der Waals surface area contributed by atoms with Gasteiger partial charge < -0.3 is 4.84 Å². The zero-order valence-corrected chi connectivity index (χ0v) is 7.09. The van der Waals surface area contributed by atoms with Crippen molar-refractivity contribution in [3.05, 3.63) is 16.8 Å². The first-order chi connectivity index (χ1) is 5.04. The third kappa shape index (κ3) is 1.72. The summed E-state index contributed by atoms with van der Waals surface area (Å²) in [4.78, 5) is 8.39. The predicted molar refractivity (Wildman–Crippen MR) is 43.9 cm³/mol. The van der Waals surface area contributed by atoms with Gasteiger partial charge in [-0.15, -0.1) is 5.48 Å². The van der Waals surface area contributed by atoms with Crippen LogP contribution in [0.25, 0.3) is 4.85 Å². The fourth-order valence-electron chi connectivity index (χ4n) is 0.831. The Labute approximate surface area is 66.8 Å². The Morgan fingerprint density at radius 2 is 2.27 bits per heavy atom. The fraction of sp³-hybridized carbons (Fsp3) is 0.625. The molecular formula is C8H13N2O+. The van der Waals surface area contributed by atoms with Crippen LogP contribution in [0, 0.1) is 12.0 Å². The third-order valence-electron chi connectivity index (χ3n) is 1.66. The van der Waals surface area contributed by atoms with Crippen LogP contribution in [0.2, 0.25) is 0 Å². The lowest BCUT2D eigenvalue weighted by molar-refractivity contribution is 0.0904. The van der Waals surface area contributed by atoms with E-state index in [9.17, 15) is 0 Å². The maximum atomic E-state index is 5.03. The molecule has 0 bridgehead atoms. The van der Waals surface area contributed by atoms with E-state index in [1.54, 1.807) is 0 Å². The molecule has 1 rings (SSSR count). The Balaban J connectivity index is 2.69. The second kappa shape index (κ2) is 2.55. The second-order valence-electron chi connectivity index (χ2n) is 3.70. The molecule has 60 valence electrons. The van der Waals surface area contributed by atoms with Gasteiger partial charge in [0.1, 0.15) is 0 Å². The van der Waals surface area contributed by atoms with Gasteiger partial charge in [-0.2, -0.15) is 0 Å². The summed E-state index contributed by atoms with van der Waals surface area (Å²) in [6, 6.07) is 0.185. The number of hydrogen-bond donors (Lipinski definition) is 1. The van der Waals surface area contributed by atoms with E-state index in [1.165, 1.54) is 0 Å². The van der Waals surface area contributed by atoms with Crippen LogP contribution in [0.3, 0.4) is 0 Å². The minimum absolute atomic E-state index is 0.131. The molecule has 11 heavy (non-hydrogen) atoms. The van der Waals surface area contributed by atoms with E-state index < -0.39 is 0 Å². The summed E-state index contributed by atoms with van der Waals surface area (Å²) in [6.07, 6.45) is 1.88. The number of rotatable bonds is 0. The van der Waals surface area contributed by atoms with Crippen LogP contribution in [0.5, 0.6) is 0 Å². The Hall–Kier alpha value is -1.01. The first kappa shape index (κ1) is 8.09. The monoisotopic (exact) mass is 153 g/mol. The lowest BCUT2D eigenvalue weighted by Gasteiger charge is -2.22. The van der Waals surface area contributed by atoms with Gasteiger partial charge in [0.05, 0.1) is 12.1 Å². The highest BCUT2D eigenvalue weighted by molar-refractivity contribution is 5.13. The van der Waals surface area contributed by atoms with Gasteiger partial charge in [0.15, 0.2) is 0 Å². The van der Waals surface area contributed by atoms with E-state index in [0.29, 0.717) is 5.88 Å². The minimum Gasteiger partial charge on any atom is -0.335 e. The van der Waals surface area contributed by atoms with E-state index in [1.807, 2.05) is 6.08 Å². The summed E-state index contributed by atoms with van der Waals surface area (Å²) in [5.74, 6) is 0.463. The summed E-state index contributed by atoms with van der Waals surface area (Å²) in [6.45, 7) is 11.4. The molecule has 0 aromatic carbocycles. The number of hydroxylamine groups is 1. The van der Waals surface area contributed by atoms with E-state index in [0.717, 1.165) is 0 Å². The van der Waals surface area contributed by atoms with Crippen molar-refractivity contribution >= 4 is 0 Å². The molecule has 0 spiro atoms. The van der Waals surface area contributed by atoms with Crippen LogP contribution in [0.4, 0.5) is 0 Å². The van der Waals surface area contributed by atoms with Crippen LogP contribution in [0.1, 0.15) is 20.8 Å². The van der Waals surface area contributed by atoms with E-state index in [-0.39, 0.29) is 11.5 Å². The summed E-state index contributed by atoms with van der Waals surface area (Å²) >= 11 is 0. The quantitative estimate of drug-likeness (QED) is 0.573. The molecule has 0 saturated heterocycles. The zero-order valence-electron chi connectivity index (χ0n) is 7.09. The molecule has 0 aromatic rings. The molecule has 0 aromatic heterocycles. The van der Waals surface area contributed by atoms with E-state index >= 15 is 0 Å². The van der Waals surface area contributed by atoms with Crippen LogP contribution >= 0.6 is 0 Å². The summed E-state index contributed by atoms with van der Waals surface area (Å²) in [7, 11) is 0. The molecule has 0 fully saturated rings. The van der Waals surface area contributed by atoms with E-state index in [4.69, 9.17) is 11.4 Å². The Morgan fingerprint density at radius 1 is 1.64 bits per heavy atom. The zero-order chi connectivity index (χ0) is 8.48. The highest BCUT2D eigenvalue weighted by Crippen LogP contribution is 2.25. The van der Waals surface area contributed by atoms with Gasteiger partial charge >= 0.3 is 5.88 Å². The predicted octanol–water partition coefficient (Wildman–Crippen LogP) is 1.74. The van der Waals surface area contributed by atoms with E-state index in [2.05, 4.69) is 31.1 Å². The summed E-state index contributed by atoms with van der Waals surface area (Å²) < 4.78 is 0. The number of nitrogens with zero attached hydrogens (tertiary/aromatic N) is 1. The SMILES string of the molecule is C#[N+]C1=CC(C(C)(C)C)NO1. The van der Waals surface area contributed by atoms with Crippen molar-refractivity contribution in [3.8, 4) is 6.57 Å². The number of nitrogens with one attached hydrogen (secondary N) is 1. The van der Waals surface area contributed by atoms with Gasteiger partial charge in [0.25, 0.3) is 6.57 Å². The molecular weight excluding hydrogens is 140 g/mol. The van der Waals surface area contributed by atoms with Crippen LogP contribution in [-0.4, -0.2) is 6.04 Å². The van der Waals surface area contributed by atoms with Gasteiger partial charge in [0.2, 0.25) is 0 Å². The molecule has 3 nitrogen and oxygen atoms in total. The summed E-state index contributed by atoms with van der Waals surface area (Å²) in [5, 5.41) is 0. The topological polar surface area (TPSA) is 25.6 Å². The molecule has 3 heteroatoms. The largest absolute Gasteiger partial charge is 0.516 e. The van der Waals surface area contributed by atoms with Crippen molar-refractivity contribution in [1.82, 2.24) is 5.48 Å². The van der Waals surface area contributed by atoms with Crippen molar-refractivity contribution in [2.24, 2.45) is 5.41 Å². The smallest absolute Gasteiger partial charge is 0.335 e. The Morgan fingerprint density at radius 3 is 2.55 bits per heavy atom.